The fraction of sp³-hybridized carbons (Fsp3) is 0.647. The highest BCUT2D eigenvalue weighted by molar-refractivity contribution is 6.35. The van der Waals surface area contributed by atoms with Gasteiger partial charge >= 0.3 is 0 Å². The summed E-state index contributed by atoms with van der Waals surface area (Å²) in [5.41, 5.74) is 1.30. The van der Waals surface area contributed by atoms with E-state index in [1.807, 2.05) is 18.2 Å². The molecular weight excluding hydrogens is 303 g/mol. The highest BCUT2D eigenvalue weighted by atomic mass is 35.5. The van der Waals surface area contributed by atoms with Crippen LogP contribution in [0.2, 0.25) is 10.0 Å². The fourth-order valence-electron chi connectivity index (χ4n) is 3.47. The lowest BCUT2D eigenvalue weighted by molar-refractivity contribution is 0.155. The minimum Gasteiger partial charge on any atom is -0.310 e. The van der Waals surface area contributed by atoms with Crippen LogP contribution < -0.4 is 5.32 Å². The van der Waals surface area contributed by atoms with E-state index in [1.54, 1.807) is 0 Å². The summed E-state index contributed by atoms with van der Waals surface area (Å²) in [4.78, 5) is 2.55. The topological polar surface area (TPSA) is 15.3 Å². The van der Waals surface area contributed by atoms with Crippen LogP contribution in [0.4, 0.5) is 0 Å². The molecule has 1 saturated heterocycles. The summed E-state index contributed by atoms with van der Waals surface area (Å²) in [5.74, 6) is 0.826. The summed E-state index contributed by atoms with van der Waals surface area (Å²) in [6.07, 6.45) is 3.89. The minimum absolute atomic E-state index is 0.235. The molecule has 0 bridgehead atoms. The Balaban J connectivity index is 1.81. The van der Waals surface area contributed by atoms with Gasteiger partial charge in [-0.2, -0.15) is 0 Å². The molecule has 0 aromatic heterocycles. The molecular formula is C17H24Cl2N2. The summed E-state index contributed by atoms with van der Waals surface area (Å²) in [6, 6.07) is 6.33. The number of hydrogen-bond acceptors (Lipinski definition) is 2. The lowest BCUT2D eigenvalue weighted by atomic mass is 9.95. The van der Waals surface area contributed by atoms with Crippen LogP contribution in [0.3, 0.4) is 0 Å². The maximum Gasteiger partial charge on any atom is 0.0465 e. The molecule has 1 aromatic rings. The first-order chi connectivity index (χ1) is 9.99. The van der Waals surface area contributed by atoms with Crippen molar-refractivity contribution >= 4 is 23.2 Å². The van der Waals surface area contributed by atoms with E-state index in [0.29, 0.717) is 6.04 Å². The van der Waals surface area contributed by atoms with Gasteiger partial charge in [0, 0.05) is 40.3 Å². The number of halogens is 2. The van der Waals surface area contributed by atoms with Gasteiger partial charge in [0.2, 0.25) is 0 Å². The van der Waals surface area contributed by atoms with Gasteiger partial charge in [0.25, 0.3) is 0 Å². The smallest absolute Gasteiger partial charge is 0.0465 e. The van der Waals surface area contributed by atoms with Gasteiger partial charge in [0.1, 0.15) is 0 Å². The van der Waals surface area contributed by atoms with E-state index in [4.69, 9.17) is 23.2 Å². The van der Waals surface area contributed by atoms with E-state index in [-0.39, 0.29) is 5.54 Å². The van der Waals surface area contributed by atoms with Gasteiger partial charge in [-0.15, -0.1) is 0 Å². The average molecular weight is 327 g/mol. The molecule has 2 fully saturated rings. The highest BCUT2D eigenvalue weighted by Gasteiger charge is 2.43. The Morgan fingerprint density at radius 2 is 1.90 bits per heavy atom. The predicted molar refractivity (Wildman–Crippen MR) is 90.1 cm³/mol. The Morgan fingerprint density at radius 3 is 2.52 bits per heavy atom. The van der Waals surface area contributed by atoms with Gasteiger partial charge in [-0.05, 0) is 57.7 Å². The summed E-state index contributed by atoms with van der Waals surface area (Å²) in [7, 11) is 0. The third kappa shape index (κ3) is 3.39. The van der Waals surface area contributed by atoms with Crippen LogP contribution in [0.25, 0.3) is 0 Å². The Hall–Kier alpha value is -0.280. The van der Waals surface area contributed by atoms with Crippen molar-refractivity contribution in [1.82, 2.24) is 10.2 Å². The van der Waals surface area contributed by atoms with Crippen LogP contribution in [-0.2, 0) is 6.54 Å². The van der Waals surface area contributed by atoms with Crippen molar-refractivity contribution in [3.05, 3.63) is 33.8 Å². The summed E-state index contributed by atoms with van der Waals surface area (Å²) in [6.45, 7) is 7.69. The zero-order valence-electron chi connectivity index (χ0n) is 12.8. The SMILES string of the molecule is CC1CCNC(C)(C2CC2)CN1Cc1c(Cl)cccc1Cl. The zero-order chi connectivity index (χ0) is 15.0. The van der Waals surface area contributed by atoms with Crippen molar-refractivity contribution in [2.45, 2.75) is 51.2 Å². The maximum atomic E-state index is 6.36. The summed E-state index contributed by atoms with van der Waals surface area (Å²) in [5, 5.41) is 5.34. The van der Waals surface area contributed by atoms with Gasteiger partial charge in [-0.1, -0.05) is 29.3 Å². The van der Waals surface area contributed by atoms with Gasteiger partial charge in [0.05, 0.1) is 0 Å². The summed E-state index contributed by atoms with van der Waals surface area (Å²) < 4.78 is 0. The van der Waals surface area contributed by atoms with Crippen molar-refractivity contribution in [3.8, 4) is 0 Å². The van der Waals surface area contributed by atoms with Crippen LogP contribution in [-0.4, -0.2) is 29.6 Å². The quantitative estimate of drug-likeness (QED) is 0.888. The molecule has 1 heterocycles. The molecule has 1 aliphatic carbocycles. The normalized spacial score (nSPS) is 31.1. The molecule has 1 aromatic carbocycles. The molecule has 0 amide bonds. The van der Waals surface area contributed by atoms with Crippen molar-refractivity contribution in [3.63, 3.8) is 0 Å². The molecule has 1 saturated carbocycles. The van der Waals surface area contributed by atoms with Crippen molar-refractivity contribution in [2.75, 3.05) is 13.1 Å². The van der Waals surface area contributed by atoms with Gasteiger partial charge < -0.3 is 5.32 Å². The number of nitrogens with one attached hydrogen (secondary N) is 1. The Bertz CT molecular complexity index is 495. The average Bonchev–Trinajstić information content (AvgIpc) is 3.25. The first kappa shape index (κ1) is 15.6. The largest absolute Gasteiger partial charge is 0.310 e. The molecule has 1 N–H and O–H groups in total. The van der Waals surface area contributed by atoms with Gasteiger partial charge in [0.15, 0.2) is 0 Å². The Morgan fingerprint density at radius 1 is 1.24 bits per heavy atom. The second kappa shape index (κ2) is 6.08. The molecule has 1 aliphatic heterocycles. The van der Waals surface area contributed by atoms with E-state index in [2.05, 4.69) is 24.1 Å². The first-order valence-electron chi connectivity index (χ1n) is 7.91. The molecule has 0 spiro atoms. The zero-order valence-corrected chi connectivity index (χ0v) is 14.3. The van der Waals surface area contributed by atoms with Crippen molar-refractivity contribution in [2.24, 2.45) is 5.92 Å². The number of nitrogens with zero attached hydrogens (tertiary/aromatic N) is 1. The standard InChI is InChI=1S/C17H24Cl2N2/c1-12-8-9-20-17(2,13-6-7-13)11-21(12)10-14-15(18)4-3-5-16(14)19/h3-5,12-13,20H,6-11H2,1-2H3. The first-order valence-corrected chi connectivity index (χ1v) is 8.67. The molecule has 2 aliphatic rings. The predicted octanol–water partition coefficient (Wildman–Crippen LogP) is 4.35. The molecule has 116 valence electrons. The molecule has 2 atom stereocenters. The number of hydrogen-bond donors (Lipinski definition) is 1. The third-order valence-electron chi connectivity index (χ3n) is 5.15. The molecule has 21 heavy (non-hydrogen) atoms. The third-order valence-corrected chi connectivity index (χ3v) is 5.86. The lowest BCUT2D eigenvalue weighted by Crippen LogP contribution is -2.51. The van der Waals surface area contributed by atoms with Crippen LogP contribution in [0, 0.1) is 5.92 Å². The number of benzene rings is 1. The Kier molecular flexibility index (Phi) is 4.52. The van der Waals surface area contributed by atoms with Crippen LogP contribution in [0.15, 0.2) is 18.2 Å². The fourth-order valence-corrected chi connectivity index (χ4v) is 3.99. The maximum absolute atomic E-state index is 6.36. The molecule has 0 radical (unpaired) electrons. The van der Waals surface area contributed by atoms with Gasteiger partial charge in [-0.25, -0.2) is 0 Å². The highest BCUT2D eigenvalue weighted by Crippen LogP contribution is 2.41. The van der Waals surface area contributed by atoms with Gasteiger partial charge in [-0.3, -0.25) is 4.90 Å². The van der Waals surface area contributed by atoms with E-state index >= 15 is 0 Å². The van der Waals surface area contributed by atoms with E-state index in [0.717, 1.165) is 41.2 Å². The van der Waals surface area contributed by atoms with E-state index in [1.165, 1.54) is 19.3 Å². The van der Waals surface area contributed by atoms with Crippen molar-refractivity contribution in [1.29, 1.82) is 0 Å². The van der Waals surface area contributed by atoms with Crippen molar-refractivity contribution < 1.29 is 0 Å². The lowest BCUT2D eigenvalue weighted by Gasteiger charge is -2.36. The van der Waals surface area contributed by atoms with E-state index in [9.17, 15) is 0 Å². The van der Waals surface area contributed by atoms with Crippen LogP contribution in [0.5, 0.6) is 0 Å². The van der Waals surface area contributed by atoms with E-state index < -0.39 is 0 Å². The number of rotatable bonds is 3. The molecule has 3 rings (SSSR count). The second-order valence-electron chi connectivity index (χ2n) is 6.86. The molecule has 2 unspecified atom stereocenters. The molecule has 4 heteroatoms. The summed E-state index contributed by atoms with van der Waals surface area (Å²) >= 11 is 12.7. The Labute approximate surface area is 137 Å². The van der Waals surface area contributed by atoms with Crippen LogP contribution >= 0.6 is 23.2 Å². The minimum atomic E-state index is 0.235. The second-order valence-corrected chi connectivity index (χ2v) is 7.68. The monoisotopic (exact) mass is 326 g/mol. The molecule has 2 nitrogen and oxygen atoms in total. The van der Waals surface area contributed by atoms with Crippen LogP contribution in [0.1, 0.15) is 38.7 Å².